The number of para-hydroxylation sites is 2. The Balaban J connectivity index is 1.26. The van der Waals surface area contributed by atoms with Gasteiger partial charge in [0.25, 0.3) is 11.8 Å². The summed E-state index contributed by atoms with van der Waals surface area (Å²) in [5.74, 6) is -6.96. The molecule has 0 saturated heterocycles. The maximum absolute atomic E-state index is 12.9. The van der Waals surface area contributed by atoms with Crippen LogP contribution in [0, 0.1) is 0 Å². The van der Waals surface area contributed by atoms with Crippen molar-refractivity contribution < 1.29 is 49.2 Å². The number of carboxylic acids is 4. The third-order valence-corrected chi connectivity index (χ3v) is 11.4. The lowest BCUT2D eigenvalue weighted by Gasteiger charge is -2.27. The van der Waals surface area contributed by atoms with E-state index in [9.17, 15) is 39.0 Å². The molecule has 4 aromatic rings. The van der Waals surface area contributed by atoms with E-state index in [0.717, 1.165) is 50.9 Å². The molecule has 328 valence electrons. The van der Waals surface area contributed by atoms with Gasteiger partial charge in [-0.25, -0.2) is 9.59 Å². The first-order valence-corrected chi connectivity index (χ1v) is 20.4. The SMILES string of the molecule is CC(/C=C/C=C1/N(c2ccc(C(=O)NC(CC(=O)O)C(=O)O)cc2)c2ccccc2C1(C)C)=C\C=C\C1=[N+](c2ccc(C(=O)NC(CC(=O)O)C(=O)O)cc2)c2ccccc2C1(C)C. The zero-order chi connectivity index (χ0) is 46.5. The molecule has 0 radical (unpaired) electrons. The van der Waals surface area contributed by atoms with Crippen LogP contribution in [-0.4, -0.2) is 73.9 Å². The van der Waals surface area contributed by atoms with Gasteiger partial charge in [-0.1, -0.05) is 80.1 Å². The van der Waals surface area contributed by atoms with Crippen LogP contribution in [-0.2, 0) is 30.0 Å². The number of nitrogens with zero attached hydrogens (tertiary/aromatic N) is 2. The molecule has 0 aliphatic carbocycles. The largest absolute Gasteiger partial charge is 0.481 e. The van der Waals surface area contributed by atoms with Gasteiger partial charge in [0.05, 0.1) is 18.3 Å². The lowest BCUT2D eigenvalue weighted by molar-refractivity contribution is -0.145. The molecule has 2 heterocycles. The number of nitrogens with one attached hydrogen (secondary N) is 2. The van der Waals surface area contributed by atoms with Crippen molar-refractivity contribution in [3.63, 3.8) is 0 Å². The lowest BCUT2D eigenvalue weighted by atomic mass is 9.81. The molecule has 6 rings (SSSR count). The Labute approximate surface area is 369 Å². The number of benzene rings is 4. The molecule has 0 saturated carbocycles. The van der Waals surface area contributed by atoms with Crippen LogP contribution in [0.5, 0.6) is 0 Å². The van der Waals surface area contributed by atoms with Gasteiger partial charge in [-0.2, -0.15) is 4.58 Å². The highest BCUT2D eigenvalue weighted by atomic mass is 16.4. The van der Waals surface area contributed by atoms with E-state index >= 15 is 0 Å². The summed E-state index contributed by atoms with van der Waals surface area (Å²) in [5, 5.41) is 41.5. The molecule has 14 nitrogen and oxygen atoms in total. The summed E-state index contributed by atoms with van der Waals surface area (Å²) in [7, 11) is 0. The monoisotopic (exact) mass is 865 g/mol. The number of fused-ring (bicyclic) bond motifs is 2. The van der Waals surface area contributed by atoms with Crippen molar-refractivity contribution in [3.8, 4) is 0 Å². The van der Waals surface area contributed by atoms with Crippen molar-refractivity contribution in [3.05, 3.63) is 167 Å². The van der Waals surface area contributed by atoms with Crippen LogP contribution in [0.2, 0.25) is 0 Å². The summed E-state index contributed by atoms with van der Waals surface area (Å²) >= 11 is 0. The maximum atomic E-state index is 12.9. The Morgan fingerprint density at radius 1 is 0.656 bits per heavy atom. The zero-order valence-corrected chi connectivity index (χ0v) is 35.9. The van der Waals surface area contributed by atoms with Crippen LogP contribution in [0.3, 0.4) is 0 Å². The number of carbonyl (C=O) groups excluding carboxylic acids is 2. The molecule has 2 unspecified atom stereocenters. The zero-order valence-electron chi connectivity index (χ0n) is 35.9. The van der Waals surface area contributed by atoms with E-state index in [1.54, 1.807) is 48.5 Å². The Morgan fingerprint density at radius 2 is 1.17 bits per heavy atom. The number of allylic oxidation sites excluding steroid dienone is 8. The van der Waals surface area contributed by atoms with Gasteiger partial charge >= 0.3 is 23.9 Å². The average molecular weight is 866 g/mol. The Morgan fingerprint density at radius 3 is 1.72 bits per heavy atom. The van der Waals surface area contributed by atoms with Crippen molar-refractivity contribution in [2.75, 3.05) is 4.90 Å². The molecule has 2 aliphatic heterocycles. The minimum Gasteiger partial charge on any atom is -0.481 e. The number of hydrogen-bond donors (Lipinski definition) is 6. The summed E-state index contributed by atoms with van der Waals surface area (Å²) < 4.78 is 2.11. The molecule has 14 heteroatoms. The number of carbonyl (C=O) groups is 6. The van der Waals surface area contributed by atoms with E-state index in [0.29, 0.717) is 0 Å². The Bertz CT molecular complexity index is 2690. The quantitative estimate of drug-likeness (QED) is 0.0476. The third-order valence-electron chi connectivity index (χ3n) is 11.4. The Kier molecular flexibility index (Phi) is 13.3. The summed E-state index contributed by atoms with van der Waals surface area (Å²) in [5.41, 5.74) is 8.14. The van der Waals surface area contributed by atoms with Crippen molar-refractivity contribution in [2.24, 2.45) is 0 Å². The number of carboxylic acid groups (broad SMARTS) is 4. The van der Waals surface area contributed by atoms with Crippen LogP contribution in [0.4, 0.5) is 22.7 Å². The van der Waals surface area contributed by atoms with Gasteiger partial charge in [0, 0.05) is 63.5 Å². The fraction of sp³-hybridized carbons (Fsp3) is 0.220. The van der Waals surface area contributed by atoms with Crippen molar-refractivity contribution >= 4 is 64.2 Å². The highest BCUT2D eigenvalue weighted by Gasteiger charge is 2.45. The van der Waals surface area contributed by atoms with Gasteiger partial charge in [-0.3, -0.25) is 19.2 Å². The molecule has 2 amide bonds. The lowest BCUT2D eigenvalue weighted by Crippen LogP contribution is -2.42. The molecule has 4 aromatic carbocycles. The van der Waals surface area contributed by atoms with Crippen LogP contribution in [0.1, 0.15) is 79.3 Å². The van der Waals surface area contributed by atoms with Crippen molar-refractivity contribution in [2.45, 2.75) is 70.4 Å². The molecule has 64 heavy (non-hydrogen) atoms. The smallest absolute Gasteiger partial charge is 0.326 e. The van der Waals surface area contributed by atoms with E-state index in [1.807, 2.05) is 67.6 Å². The first kappa shape index (κ1) is 45.7. The highest BCUT2D eigenvalue weighted by molar-refractivity contribution is 6.10. The minimum atomic E-state index is -1.57. The molecule has 2 atom stereocenters. The van der Waals surface area contributed by atoms with Gasteiger partial charge in [0.2, 0.25) is 11.4 Å². The van der Waals surface area contributed by atoms with E-state index < -0.39 is 71.4 Å². The minimum absolute atomic E-state index is 0.184. The molecule has 2 aliphatic rings. The molecule has 0 fully saturated rings. The standard InChI is InChI=1S/C50H48N4O10/c1-30(12-10-18-41-49(2,3)35-14-6-8-16-39(35)53(41)33-24-20-31(21-25-33)45(59)51-37(47(61)62)28-43(55)56)13-11-19-42-50(4,5)36-15-7-9-17-40(36)54(42)34-26-22-32(23-27-34)46(60)52-38(48(63)64)29-44(57)58/h6-27,37-38H,28-29H2,1-5H3,(H5-,51,52,55,56,57,58,59,60,61,62,63,64)/p+1. The van der Waals surface area contributed by atoms with Gasteiger partial charge in [0.1, 0.15) is 12.1 Å². The second-order valence-corrected chi connectivity index (χ2v) is 16.5. The average Bonchev–Trinajstić information content (AvgIpc) is 3.61. The number of hydrogen-bond acceptors (Lipinski definition) is 7. The number of anilines is 2. The predicted octanol–water partition coefficient (Wildman–Crippen LogP) is 7.64. The predicted molar refractivity (Wildman–Crippen MR) is 243 cm³/mol. The normalized spacial score (nSPS) is 16.7. The number of rotatable bonds is 16. The second-order valence-electron chi connectivity index (χ2n) is 16.5. The van der Waals surface area contributed by atoms with Crippen molar-refractivity contribution in [1.29, 1.82) is 0 Å². The fourth-order valence-corrected chi connectivity index (χ4v) is 8.00. The molecule has 0 spiro atoms. The van der Waals surface area contributed by atoms with E-state index in [-0.39, 0.29) is 11.1 Å². The number of amides is 2. The molecule has 0 aromatic heterocycles. The van der Waals surface area contributed by atoms with Gasteiger partial charge in [-0.05, 0) is 74.9 Å². The molecular weight excluding hydrogens is 817 g/mol. The second kappa shape index (κ2) is 18.6. The van der Waals surface area contributed by atoms with E-state index in [1.165, 1.54) is 0 Å². The first-order valence-electron chi connectivity index (χ1n) is 20.4. The van der Waals surface area contributed by atoms with Gasteiger partial charge in [-0.15, -0.1) is 0 Å². The van der Waals surface area contributed by atoms with E-state index in [2.05, 4.69) is 72.1 Å². The van der Waals surface area contributed by atoms with Gasteiger partial charge in [0.15, 0.2) is 5.71 Å². The Hall–Kier alpha value is -7.87. The molecular formula is C50H49N4O10+. The van der Waals surface area contributed by atoms with Crippen LogP contribution >= 0.6 is 0 Å². The molecule has 6 N–H and O–H groups in total. The van der Waals surface area contributed by atoms with Crippen LogP contribution in [0.15, 0.2) is 145 Å². The fourth-order valence-electron chi connectivity index (χ4n) is 8.00. The topological polar surface area (TPSA) is 214 Å². The highest BCUT2D eigenvalue weighted by Crippen LogP contribution is 2.51. The maximum Gasteiger partial charge on any atom is 0.326 e. The summed E-state index contributed by atoms with van der Waals surface area (Å²) in [6, 6.07) is 26.3. The summed E-state index contributed by atoms with van der Waals surface area (Å²) in [6.45, 7) is 10.5. The number of aliphatic carboxylic acids is 4. The van der Waals surface area contributed by atoms with Crippen molar-refractivity contribution in [1.82, 2.24) is 15.2 Å². The van der Waals surface area contributed by atoms with Crippen LogP contribution < -0.4 is 20.1 Å². The summed E-state index contributed by atoms with van der Waals surface area (Å²) in [6.07, 6.45) is 10.6. The van der Waals surface area contributed by atoms with E-state index in [4.69, 9.17) is 10.2 Å². The van der Waals surface area contributed by atoms with Gasteiger partial charge < -0.3 is 36.0 Å². The third kappa shape index (κ3) is 9.60. The van der Waals surface area contributed by atoms with Crippen LogP contribution in [0.25, 0.3) is 0 Å². The summed E-state index contributed by atoms with van der Waals surface area (Å²) in [4.78, 5) is 73.3. The molecule has 0 bridgehead atoms. The first-order chi connectivity index (χ1) is 30.3.